The SMILES string of the molecule is C[CH2][Al][CH2]C.[Se]c1ccccc1. The summed E-state index contributed by atoms with van der Waals surface area (Å²) in [6, 6.07) is 10.1. The molecule has 0 N–H and O–H groups in total. The van der Waals surface area contributed by atoms with Crippen LogP contribution in [0.2, 0.25) is 10.6 Å². The van der Waals surface area contributed by atoms with Gasteiger partial charge < -0.3 is 0 Å². The molecule has 0 amide bonds. The van der Waals surface area contributed by atoms with Crippen molar-refractivity contribution < 1.29 is 0 Å². The Morgan fingerprint density at radius 1 is 1.08 bits per heavy atom. The number of hydrogen-bond donors (Lipinski definition) is 0. The first kappa shape index (κ1) is 12.3. The zero-order chi connectivity index (χ0) is 9.23. The number of benzene rings is 1. The van der Waals surface area contributed by atoms with Crippen LogP contribution in [0.3, 0.4) is 0 Å². The van der Waals surface area contributed by atoms with Crippen molar-refractivity contribution in [3.63, 3.8) is 0 Å². The third-order valence-electron chi connectivity index (χ3n) is 1.32. The Bertz CT molecular complexity index is 172. The average Bonchev–Trinajstić information content (AvgIpc) is 2.08. The predicted molar refractivity (Wildman–Crippen MR) is 58.5 cm³/mol. The van der Waals surface area contributed by atoms with Gasteiger partial charge in [0.2, 0.25) is 0 Å². The van der Waals surface area contributed by atoms with Crippen LogP contribution in [0.4, 0.5) is 0 Å². The van der Waals surface area contributed by atoms with Gasteiger partial charge in [0.15, 0.2) is 15.2 Å². The maximum absolute atomic E-state index is 2.90. The third kappa shape index (κ3) is 8.37. The quantitative estimate of drug-likeness (QED) is 0.695. The van der Waals surface area contributed by atoms with Gasteiger partial charge in [-0.15, -0.1) is 10.6 Å². The van der Waals surface area contributed by atoms with Gasteiger partial charge in [0.05, 0.1) is 0 Å². The predicted octanol–water partition coefficient (Wildman–Crippen LogP) is 2.05. The van der Waals surface area contributed by atoms with E-state index in [4.69, 9.17) is 0 Å². The summed E-state index contributed by atoms with van der Waals surface area (Å²) in [5.74, 6) is 0. The molecular formula is C10H15AlSe. The monoisotopic (exact) mass is 242 g/mol. The summed E-state index contributed by atoms with van der Waals surface area (Å²) in [5.41, 5.74) is 0. The van der Waals surface area contributed by atoms with Gasteiger partial charge in [0.1, 0.15) is 0 Å². The van der Waals surface area contributed by atoms with E-state index in [1.54, 1.807) is 0 Å². The number of hydrogen-bond acceptors (Lipinski definition) is 0. The van der Waals surface area contributed by atoms with Crippen molar-refractivity contribution in [2.75, 3.05) is 0 Å². The Balaban J connectivity index is 0.000000217. The van der Waals surface area contributed by atoms with Crippen molar-refractivity contribution >= 4 is 35.7 Å². The Morgan fingerprint density at radius 3 is 1.75 bits per heavy atom. The van der Waals surface area contributed by atoms with Gasteiger partial charge in [0, 0.05) is 0 Å². The van der Waals surface area contributed by atoms with E-state index in [-0.39, 0.29) is 0 Å². The van der Waals surface area contributed by atoms with Crippen LogP contribution in [0.5, 0.6) is 0 Å². The molecule has 0 nitrogen and oxygen atoms in total. The summed E-state index contributed by atoms with van der Waals surface area (Å²) < 4.78 is 1.20. The fraction of sp³-hybridized carbons (Fsp3) is 0.400. The molecule has 0 bridgehead atoms. The van der Waals surface area contributed by atoms with Crippen LogP contribution in [-0.4, -0.2) is 31.2 Å². The van der Waals surface area contributed by atoms with Gasteiger partial charge in [-0.2, -0.15) is 0 Å². The van der Waals surface area contributed by atoms with Crippen molar-refractivity contribution in [1.29, 1.82) is 0 Å². The molecule has 2 heteroatoms. The summed E-state index contributed by atoms with van der Waals surface area (Å²) in [6.07, 6.45) is 0. The minimum atomic E-state index is 0.815. The standard InChI is InChI=1S/C6H5Se.2C2H5.Al/c7-6-4-2-1-3-5-6;2*1-2;/h1-5H;2*1H2,2H3;. The first-order valence-electron chi connectivity index (χ1n) is 4.35. The second-order valence-electron chi connectivity index (χ2n) is 2.42. The Kier molecular flexibility index (Phi) is 9.57. The van der Waals surface area contributed by atoms with Crippen LogP contribution in [-0.2, 0) is 0 Å². The van der Waals surface area contributed by atoms with E-state index in [1.165, 1.54) is 15.0 Å². The fourth-order valence-corrected chi connectivity index (χ4v) is 1.62. The molecule has 12 heavy (non-hydrogen) atoms. The molecule has 0 atom stereocenters. The summed E-state index contributed by atoms with van der Waals surface area (Å²) >= 11 is 3.72. The average molecular weight is 241 g/mol. The third-order valence-corrected chi connectivity index (χ3v) is 3.05. The van der Waals surface area contributed by atoms with Crippen LogP contribution < -0.4 is 4.46 Å². The van der Waals surface area contributed by atoms with E-state index in [1.807, 2.05) is 30.3 Å². The van der Waals surface area contributed by atoms with Crippen molar-refractivity contribution in [2.24, 2.45) is 0 Å². The Hall–Kier alpha value is 0.272. The molecule has 0 unspecified atom stereocenters. The van der Waals surface area contributed by atoms with E-state index in [9.17, 15) is 0 Å². The molecule has 2 radical (unpaired) electrons. The van der Waals surface area contributed by atoms with E-state index in [0.717, 1.165) is 15.2 Å². The molecule has 0 saturated carbocycles. The summed E-state index contributed by atoms with van der Waals surface area (Å²) in [7, 11) is 0. The molecule has 0 aromatic heterocycles. The van der Waals surface area contributed by atoms with Gasteiger partial charge in [-0.3, -0.25) is 0 Å². The fourth-order valence-electron chi connectivity index (χ4n) is 0.709. The van der Waals surface area contributed by atoms with E-state index in [2.05, 4.69) is 29.9 Å². The molecule has 0 fully saturated rings. The minimum absolute atomic E-state index is 0.815. The molecule has 1 aromatic carbocycles. The topological polar surface area (TPSA) is 0 Å². The summed E-state index contributed by atoms with van der Waals surface area (Å²) in [6.45, 7) is 4.50. The zero-order valence-electron chi connectivity index (χ0n) is 7.79. The van der Waals surface area contributed by atoms with Gasteiger partial charge in [-0.1, -0.05) is 13.8 Å². The van der Waals surface area contributed by atoms with Crippen molar-refractivity contribution in [2.45, 2.75) is 24.4 Å². The van der Waals surface area contributed by atoms with Crippen molar-refractivity contribution in [3.05, 3.63) is 30.3 Å². The maximum atomic E-state index is 2.90. The van der Waals surface area contributed by atoms with Gasteiger partial charge in [0.25, 0.3) is 0 Å². The Labute approximate surface area is 90.3 Å². The Morgan fingerprint density at radius 2 is 1.58 bits per heavy atom. The van der Waals surface area contributed by atoms with Gasteiger partial charge in [-0.05, 0) is 0 Å². The molecule has 0 saturated heterocycles. The van der Waals surface area contributed by atoms with E-state index in [0.29, 0.717) is 0 Å². The van der Waals surface area contributed by atoms with Gasteiger partial charge in [-0.25, -0.2) is 0 Å². The zero-order valence-corrected chi connectivity index (χ0v) is 10.7. The molecule has 0 aliphatic rings. The molecule has 0 aliphatic heterocycles. The molecule has 0 heterocycles. The molecule has 0 spiro atoms. The van der Waals surface area contributed by atoms with Crippen LogP contribution in [0.1, 0.15) is 13.8 Å². The van der Waals surface area contributed by atoms with Crippen molar-refractivity contribution in [1.82, 2.24) is 0 Å². The van der Waals surface area contributed by atoms with Gasteiger partial charge >= 0.3 is 50.8 Å². The van der Waals surface area contributed by atoms with Crippen LogP contribution >= 0.6 is 0 Å². The second kappa shape index (κ2) is 9.36. The van der Waals surface area contributed by atoms with Crippen molar-refractivity contribution in [3.8, 4) is 0 Å². The summed E-state index contributed by atoms with van der Waals surface area (Å²) in [5, 5.41) is 2.85. The number of rotatable bonds is 2. The first-order valence-corrected chi connectivity index (χ1v) is 6.84. The second-order valence-corrected chi connectivity index (χ2v) is 5.62. The summed E-state index contributed by atoms with van der Waals surface area (Å²) in [4.78, 5) is 0. The van der Waals surface area contributed by atoms with Crippen LogP contribution in [0.15, 0.2) is 30.3 Å². The molecule has 1 rings (SSSR count). The van der Waals surface area contributed by atoms with Crippen LogP contribution in [0.25, 0.3) is 0 Å². The molecular weight excluding hydrogens is 226 g/mol. The van der Waals surface area contributed by atoms with Crippen LogP contribution in [0, 0.1) is 0 Å². The van der Waals surface area contributed by atoms with E-state index < -0.39 is 0 Å². The first-order chi connectivity index (χ1) is 5.81. The molecule has 0 aliphatic carbocycles. The molecule has 1 aromatic rings. The normalized spacial score (nSPS) is 8.17. The molecule has 64 valence electrons. The van der Waals surface area contributed by atoms with E-state index >= 15 is 0 Å².